The fourth-order valence-electron chi connectivity index (χ4n) is 1.57. The first-order chi connectivity index (χ1) is 6.61. The highest BCUT2D eigenvalue weighted by Gasteiger charge is 2.30. The molecule has 0 spiro atoms. The number of benzene rings is 1. The van der Waals surface area contributed by atoms with Gasteiger partial charge in [-0.25, -0.2) is 4.79 Å². The Bertz CT molecular complexity index is 439. The lowest BCUT2D eigenvalue weighted by molar-refractivity contribution is -0.385. The van der Waals surface area contributed by atoms with E-state index in [1.54, 1.807) is 13.0 Å². The molecule has 1 aromatic rings. The number of cyclic esters (lactones) is 1. The summed E-state index contributed by atoms with van der Waals surface area (Å²) < 4.78 is 4.75. The van der Waals surface area contributed by atoms with Gasteiger partial charge in [0.2, 0.25) is 0 Å². The number of aryl methyl sites for hydroxylation is 1. The smallest absolute Gasteiger partial charge is 0.339 e. The largest absolute Gasteiger partial charge is 0.457 e. The van der Waals surface area contributed by atoms with Gasteiger partial charge in [-0.2, -0.15) is 0 Å². The van der Waals surface area contributed by atoms with Crippen LogP contribution in [-0.4, -0.2) is 10.9 Å². The maximum absolute atomic E-state index is 11.2. The maximum Gasteiger partial charge on any atom is 0.339 e. The van der Waals surface area contributed by atoms with Crippen LogP contribution in [0.25, 0.3) is 0 Å². The Balaban J connectivity index is 2.70. The van der Waals surface area contributed by atoms with Crippen molar-refractivity contribution < 1.29 is 14.5 Å². The third-order valence-electron chi connectivity index (χ3n) is 2.24. The summed E-state index contributed by atoms with van der Waals surface area (Å²) in [5, 5.41) is 10.6. The fraction of sp³-hybridized carbons (Fsp3) is 0.222. The van der Waals surface area contributed by atoms with E-state index < -0.39 is 10.9 Å². The van der Waals surface area contributed by atoms with Crippen LogP contribution in [0.2, 0.25) is 0 Å². The van der Waals surface area contributed by atoms with Gasteiger partial charge in [0.05, 0.1) is 16.1 Å². The standard InChI is InChI=1S/C9H7NO4/c1-5-2-3-7(10(12)13)6-4-14-9(11)8(5)6/h2-3H,4H2,1H3. The zero-order valence-electron chi connectivity index (χ0n) is 7.44. The van der Waals surface area contributed by atoms with Crippen LogP contribution in [0.4, 0.5) is 5.69 Å². The predicted octanol–water partition coefficient (Wildman–Crippen LogP) is 1.57. The molecule has 0 saturated carbocycles. The van der Waals surface area contributed by atoms with Gasteiger partial charge in [-0.1, -0.05) is 6.07 Å². The number of ether oxygens (including phenoxy) is 1. The average Bonchev–Trinajstić information content (AvgIpc) is 2.49. The monoisotopic (exact) mass is 193 g/mol. The lowest BCUT2D eigenvalue weighted by atomic mass is 10.0. The molecule has 0 N–H and O–H groups in total. The van der Waals surface area contributed by atoms with Crippen molar-refractivity contribution in [1.82, 2.24) is 0 Å². The highest BCUT2D eigenvalue weighted by atomic mass is 16.6. The Morgan fingerprint density at radius 3 is 2.86 bits per heavy atom. The second-order valence-corrected chi connectivity index (χ2v) is 3.09. The van der Waals surface area contributed by atoms with E-state index in [2.05, 4.69) is 0 Å². The molecule has 5 heteroatoms. The second kappa shape index (κ2) is 2.80. The van der Waals surface area contributed by atoms with Crippen LogP contribution in [0.5, 0.6) is 0 Å². The van der Waals surface area contributed by atoms with Gasteiger partial charge in [0, 0.05) is 6.07 Å². The van der Waals surface area contributed by atoms with Crippen molar-refractivity contribution in [3.05, 3.63) is 38.9 Å². The van der Waals surface area contributed by atoms with Crippen molar-refractivity contribution in [2.45, 2.75) is 13.5 Å². The minimum Gasteiger partial charge on any atom is -0.457 e. The average molecular weight is 193 g/mol. The number of hydrogen-bond acceptors (Lipinski definition) is 4. The number of esters is 1. The second-order valence-electron chi connectivity index (χ2n) is 3.09. The number of carbonyl (C=O) groups is 1. The molecule has 1 heterocycles. The van der Waals surface area contributed by atoms with Crippen LogP contribution in [0.1, 0.15) is 21.5 Å². The molecule has 0 bridgehead atoms. The van der Waals surface area contributed by atoms with E-state index in [0.717, 1.165) is 0 Å². The van der Waals surface area contributed by atoms with Crippen molar-refractivity contribution >= 4 is 11.7 Å². The van der Waals surface area contributed by atoms with Crippen LogP contribution >= 0.6 is 0 Å². The molecule has 0 aromatic heterocycles. The highest BCUT2D eigenvalue weighted by molar-refractivity contribution is 5.96. The van der Waals surface area contributed by atoms with E-state index in [4.69, 9.17) is 4.74 Å². The summed E-state index contributed by atoms with van der Waals surface area (Å²) in [4.78, 5) is 21.3. The van der Waals surface area contributed by atoms with E-state index in [1.165, 1.54) is 6.07 Å². The lowest BCUT2D eigenvalue weighted by Crippen LogP contribution is -1.99. The number of nitrogens with zero attached hydrogens (tertiary/aromatic N) is 1. The Morgan fingerprint density at radius 1 is 1.50 bits per heavy atom. The van der Waals surface area contributed by atoms with Gasteiger partial charge in [-0.15, -0.1) is 0 Å². The van der Waals surface area contributed by atoms with E-state index in [-0.39, 0.29) is 12.3 Å². The fourth-order valence-corrected chi connectivity index (χ4v) is 1.57. The van der Waals surface area contributed by atoms with Gasteiger partial charge in [0.1, 0.15) is 6.61 Å². The minimum atomic E-state index is -0.500. The molecular weight excluding hydrogens is 186 g/mol. The van der Waals surface area contributed by atoms with E-state index in [1.807, 2.05) is 0 Å². The normalized spacial score (nSPS) is 13.6. The number of rotatable bonds is 1. The van der Waals surface area contributed by atoms with Crippen LogP contribution < -0.4 is 0 Å². The van der Waals surface area contributed by atoms with Crippen molar-refractivity contribution in [2.75, 3.05) is 0 Å². The molecule has 72 valence electrons. The summed E-state index contributed by atoms with van der Waals surface area (Å²) in [6.45, 7) is 1.74. The number of nitro benzene ring substituents is 1. The van der Waals surface area contributed by atoms with Gasteiger partial charge >= 0.3 is 5.97 Å². The minimum absolute atomic E-state index is 0.00611. The number of fused-ring (bicyclic) bond motifs is 1. The summed E-state index contributed by atoms with van der Waals surface area (Å²) >= 11 is 0. The van der Waals surface area contributed by atoms with E-state index >= 15 is 0 Å². The lowest BCUT2D eigenvalue weighted by Gasteiger charge is -1.99. The Hall–Kier alpha value is -1.91. The summed E-state index contributed by atoms with van der Waals surface area (Å²) in [6, 6.07) is 2.96. The van der Waals surface area contributed by atoms with Crippen molar-refractivity contribution in [3.8, 4) is 0 Å². The summed E-state index contributed by atoms with van der Waals surface area (Å²) in [5.74, 6) is -0.471. The molecule has 1 aliphatic heterocycles. The molecular formula is C9H7NO4. The molecule has 0 amide bonds. The summed E-state index contributed by atoms with van der Waals surface area (Å²) in [6.07, 6.45) is 0. The molecule has 2 rings (SSSR count). The van der Waals surface area contributed by atoms with Gasteiger partial charge in [-0.3, -0.25) is 10.1 Å². The van der Waals surface area contributed by atoms with Crippen molar-refractivity contribution in [3.63, 3.8) is 0 Å². The molecule has 5 nitrogen and oxygen atoms in total. The molecule has 0 saturated heterocycles. The Labute approximate surface area is 79.4 Å². The van der Waals surface area contributed by atoms with Crippen LogP contribution in [0.3, 0.4) is 0 Å². The van der Waals surface area contributed by atoms with Crippen LogP contribution in [-0.2, 0) is 11.3 Å². The number of hydrogen-bond donors (Lipinski definition) is 0. The predicted molar refractivity (Wildman–Crippen MR) is 47.0 cm³/mol. The van der Waals surface area contributed by atoms with Crippen molar-refractivity contribution in [1.29, 1.82) is 0 Å². The first-order valence-electron chi connectivity index (χ1n) is 4.05. The molecule has 0 atom stereocenters. The van der Waals surface area contributed by atoms with Crippen LogP contribution in [0.15, 0.2) is 12.1 Å². The molecule has 0 fully saturated rings. The summed E-state index contributed by atoms with van der Waals surface area (Å²) in [5.41, 5.74) is 1.41. The van der Waals surface area contributed by atoms with E-state index in [9.17, 15) is 14.9 Å². The quantitative estimate of drug-likeness (QED) is 0.385. The highest BCUT2D eigenvalue weighted by Crippen LogP contribution is 2.31. The first kappa shape index (κ1) is 8.68. The maximum atomic E-state index is 11.2. The molecule has 1 aromatic carbocycles. The topological polar surface area (TPSA) is 69.4 Å². The van der Waals surface area contributed by atoms with E-state index in [0.29, 0.717) is 16.7 Å². The molecule has 0 aliphatic carbocycles. The SMILES string of the molecule is Cc1ccc([N+](=O)[O-])c2c1C(=O)OC2. The Kier molecular flexibility index (Phi) is 1.73. The van der Waals surface area contributed by atoms with Gasteiger partial charge in [0.25, 0.3) is 5.69 Å². The zero-order chi connectivity index (χ0) is 10.3. The molecule has 0 radical (unpaired) electrons. The molecule has 0 unspecified atom stereocenters. The third kappa shape index (κ3) is 1.06. The van der Waals surface area contributed by atoms with Crippen LogP contribution in [0, 0.1) is 17.0 Å². The molecule has 14 heavy (non-hydrogen) atoms. The summed E-state index contributed by atoms with van der Waals surface area (Å²) in [7, 11) is 0. The van der Waals surface area contributed by atoms with Crippen molar-refractivity contribution in [2.24, 2.45) is 0 Å². The van der Waals surface area contributed by atoms with Gasteiger partial charge in [0.15, 0.2) is 0 Å². The Morgan fingerprint density at radius 2 is 2.21 bits per heavy atom. The zero-order valence-corrected chi connectivity index (χ0v) is 7.44. The van der Waals surface area contributed by atoms with Gasteiger partial charge in [-0.05, 0) is 12.5 Å². The third-order valence-corrected chi connectivity index (χ3v) is 2.24. The first-order valence-corrected chi connectivity index (χ1v) is 4.05. The number of nitro groups is 1. The number of carbonyl (C=O) groups excluding carboxylic acids is 1. The molecule has 1 aliphatic rings. The van der Waals surface area contributed by atoms with Gasteiger partial charge < -0.3 is 4.74 Å².